The Morgan fingerprint density at radius 1 is 1.04 bits per heavy atom. The summed E-state index contributed by atoms with van der Waals surface area (Å²) in [6, 6.07) is 11.6. The average molecular weight is 385 g/mol. The Balaban J connectivity index is 0.00000288. The van der Waals surface area contributed by atoms with Crippen LogP contribution >= 0.6 is 24.8 Å². The second-order valence-corrected chi connectivity index (χ2v) is 5.44. The fourth-order valence-corrected chi connectivity index (χ4v) is 2.28. The molecule has 1 amide bonds. The van der Waals surface area contributed by atoms with Gasteiger partial charge in [-0.1, -0.05) is 38.1 Å². The number of halogens is 2. The molecule has 1 aromatic heterocycles. The summed E-state index contributed by atoms with van der Waals surface area (Å²) in [4.78, 5) is 18.4. The number of nitrogens with zero attached hydrogens (tertiary/aromatic N) is 2. The molecule has 5 nitrogen and oxygen atoms in total. The van der Waals surface area contributed by atoms with Crippen molar-refractivity contribution in [2.75, 3.05) is 18.8 Å². The largest absolute Gasteiger partial charge is 0.397 e. The summed E-state index contributed by atoms with van der Waals surface area (Å²) in [6.45, 7) is 7.86. The van der Waals surface area contributed by atoms with Gasteiger partial charge in [-0.3, -0.25) is 9.69 Å². The molecule has 3 N–H and O–H groups in total. The number of benzene rings is 1. The van der Waals surface area contributed by atoms with Gasteiger partial charge in [-0.05, 0) is 36.3 Å². The van der Waals surface area contributed by atoms with Crippen LogP contribution in [0.3, 0.4) is 0 Å². The summed E-state index contributed by atoms with van der Waals surface area (Å²) in [5.41, 5.74) is 8.83. The van der Waals surface area contributed by atoms with Gasteiger partial charge in [0, 0.05) is 13.1 Å². The van der Waals surface area contributed by atoms with Gasteiger partial charge in [-0.2, -0.15) is 0 Å². The van der Waals surface area contributed by atoms with Gasteiger partial charge in [0.2, 0.25) is 0 Å². The smallest absolute Gasteiger partial charge is 0.270 e. The van der Waals surface area contributed by atoms with Crippen molar-refractivity contribution in [2.24, 2.45) is 0 Å². The maximum Gasteiger partial charge on any atom is 0.270 e. The predicted molar refractivity (Wildman–Crippen MR) is 107 cm³/mol. The van der Waals surface area contributed by atoms with E-state index in [1.165, 1.54) is 11.8 Å². The molecule has 0 aliphatic carbocycles. The van der Waals surface area contributed by atoms with Gasteiger partial charge in [0.1, 0.15) is 5.69 Å². The molecule has 25 heavy (non-hydrogen) atoms. The Bertz CT molecular complexity index is 629. The molecule has 2 aromatic rings. The first-order valence-electron chi connectivity index (χ1n) is 7.92. The molecular formula is C18H26Cl2N4O. The molecule has 0 unspecified atom stereocenters. The van der Waals surface area contributed by atoms with Crippen molar-refractivity contribution >= 4 is 36.4 Å². The first-order valence-corrected chi connectivity index (χ1v) is 7.92. The number of rotatable bonds is 7. The molecule has 0 fully saturated rings. The Hall–Kier alpha value is -1.82. The number of nitrogen functional groups attached to an aromatic ring is 1. The Morgan fingerprint density at radius 2 is 1.64 bits per heavy atom. The van der Waals surface area contributed by atoms with Crippen molar-refractivity contribution in [3.8, 4) is 0 Å². The van der Waals surface area contributed by atoms with E-state index in [-0.39, 0.29) is 30.7 Å². The molecule has 0 atom stereocenters. The lowest BCUT2D eigenvalue weighted by atomic mass is 10.1. The van der Waals surface area contributed by atoms with Gasteiger partial charge in [0.15, 0.2) is 0 Å². The molecule has 0 bridgehead atoms. The van der Waals surface area contributed by atoms with Gasteiger partial charge in [-0.25, -0.2) is 4.98 Å². The Kier molecular flexibility index (Phi) is 10.8. The third kappa shape index (κ3) is 7.30. The van der Waals surface area contributed by atoms with E-state index in [1.54, 1.807) is 12.1 Å². The molecule has 2 rings (SSSR count). The number of nitrogens with two attached hydrogens (primary N) is 1. The standard InChI is InChI=1S/C18H24N4O.2ClH/c1-3-22(4-2)13-15-7-5-14(6-8-15)11-21-18(23)17-10-9-16(19)12-20-17;;/h5-10,12H,3-4,11,13,19H2,1-2H3,(H,21,23);2*1H. The first-order chi connectivity index (χ1) is 11.1. The van der Waals surface area contributed by atoms with E-state index in [9.17, 15) is 4.79 Å². The van der Waals surface area contributed by atoms with Crippen molar-refractivity contribution < 1.29 is 4.79 Å². The highest BCUT2D eigenvalue weighted by atomic mass is 35.5. The number of nitrogens with one attached hydrogen (secondary N) is 1. The molecule has 0 aliphatic rings. The number of amides is 1. The second-order valence-electron chi connectivity index (χ2n) is 5.44. The highest BCUT2D eigenvalue weighted by molar-refractivity contribution is 5.92. The average Bonchev–Trinajstić information content (AvgIpc) is 2.59. The van der Waals surface area contributed by atoms with Gasteiger partial charge in [0.05, 0.1) is 11.9 Å². The molecule has 7 heteroatoms. The third-order valence-electron chi connectivity index (χ3n) is 3.80. The summed E-state index contributed by atoms with van der Waals surface area (Å²) < 4.78 is 0. The number of aromatic nitrogens is 1. The van der Waals surface area contributed by atoms with Crippen molar-refractivity contribution in [1.82, 2.24) is 15.2 Å². The molecule has 0 radical (unpaired) electrons. The lowest BCUT2D eigenvalue weighted by Crippen LogP contribution is -2.24. The van der Waals surface area contributed by atoms with Gasteiger partial charge >= 0.3 is 0 Å². The van der Waals surface area contributed by atoms with E-state index in [4.69, 9.17) is 5.73 Å². The maximum absolute atomic E-state index is 12.0. The van der Waals surface area contributed by atoms with Crippen LogP contribution in [0.2, 0.25) is 0 Å². The van der Waals surface area contributed by atoms with E-state index >= 15 is 0 Å². The van der Waals surface area contributed by atoms with E-state index in [0.29, 0.717) is 17.9 Å². The summed E-state index contributed by atoms with van der Waals surface area (Å²) in [5, 5.41) is 2.86. The molecule has 138 valence electrons. The van der Waals surface area contributed by atoms with Crippen molar-refractivity contribution in [1.29, 1.82) is 0 Å². The van der Waals surface area contributed by atoms with E-state index in [1.807, 2.05) is 0 Å². The SMILES string of the molecule is CCN(CC)Cc1ccc(CNC(=O)c2ccc(N)cn2)cc1.Cl.Cl. The van der Waals surface area contributed by atoms with Crippen LogP contribution < -0.4 is 11.1 Å². The van der Waals surface area contributed by atoms with Crippen LogP contribution in [0.4, 0.5) is 5.69 Å². The lowest BCUT2D eigenvalue weighted by Gasteiger charge is -2.18. The monoisotopic (exact) mass is 384 g/mol. The van der Waals surface area contributed by atoms with Crippen LogP contribution in [0, 0.1) is 0 Å². The van der Waals surface area contributed by atoms with Crippen LogP contribution in [-0.2, 0) is 13.1 Å². The number of carbonyl (C=O) groups is 1. The Labute approximate surface area is 161 Å². The quantitative estimate of drug-likeness (QED) is 0.768. The van der Waals surface area contributed by atoms with Gasteiger partial charge < -0.3 is 11.1 Å². The summed E-state index contributed by atoms with van der Waals surface area (Å²) in [5.74, 6) is -0.197. The fourth-order valence-electron chi connectivity index (χ4n) is 2.28. The van der Waals surface area contributed by atoms with Crippen LogP contribution in [0.5, 0.6) is 0 Å². The zero-order valence-corrected chi connectivity index (χ0v) is 16.2. The molecular weight excluding hydrogens is 359 g/mol. The van der Waals surface area contributed by atoms with E-state index in [0.717, 1.165) is 25.2 Å². The zero-order valence-electron chi connectivity index (χ0n) is 14.6. The molecule has 0 saturated carbocycles. The van der Waals surface area contributed by atoms with Crippen LogP contribution in [0.1, 0.15) is 35.5 Å². The van der Waals surface area contributed by atoms with Gasteiger partial charge in [0.25, 0.3) is 5.91 Å². The molecule has 1 heterocycles. The number of hydrogen-bond acceptors (Lipinski definition) is 4. The molecule has 0 aliphatic heterocycles. The minimum absolute atomic E-state index is 0. The maximum atomic E-state index is 12.0. The van der Waals surface area contributed by atoms with E-state index in [2.05, 4.69) is 53.3 Å². The third-order valence-corrected chi connectivity index (χ3v) is 3.80. The first kappa shape index (κ1) is 23.2. The Morgan fingerprint density at radius 3 is 2.16 bits per heavy atom. The molecule has 0 spiro atoms. The molecule has 1 aromatic carbocycles. The van der Waals surface area contributed by atoms with Crippen molar-refractivity contribution in [3.05, 3.63) is 59.4 Å². The molecule has 0 saturated heterocycles. The van der Waals surface area contributed by atoms with Crippen molar-refractivity contribution in [3.63, 3.8) is 0 Å². The van der Waals surface area contributed by atoms with Crippen molar-refractivity contribution in [2.45, 2.75) is 26.9 Å². The lowest BCUT2D eigenvalue weighted by molar-refractivity contribution is 0.0946. The summed E-state index contributed by atoms with van der Waals surface area (Å²) >= 11 is 0. The number of anilines is 1. The summed E-state index contributed by atoms with van der Waals surface area (Å²) in [6.07, 6.45) is 1.48. The minimum atomic E-state index is -0.197. The van der Waals surface area contributed by atoms with E-state index < -0.39 is 0 Å². The second kappa shape index (κ2) is 11.7. The predicted octanol–water partition coefficient (Wildman–Crippen LogP) is 3.28. The van der Waals surface area contributed by atoms with Crippen LogP contribution in [-0.4, -0.2) is 28.9 Å². The van der Waals surface area contributed by atoms with Crippen LogP contribution in [0.15, 0.2) is 42.6 Å². The number of hydrogen-bond donors (Lipinski definition) is 2. The number of carbonyl (C=O) groups excluding carboxylic acids is 1. The van der Waals surface area contributed by atoms with Gasteiger partial charge in [-0.15, -0.1) is 24.8 Å². The highest BCUT2D eigenvalue weighted by Gasteiger charge is 2.06. The summed E-state index contributed by atoms with van der Waals surface area (Å²) in [7, 11) is 0. The minimum Gasteiger partial charge on any atom is -0.397 e. The topological polar surface area (TPSA) is 71.2 Å². The normalized spacial score (nSPS) is 9.88. The number of pyridine rings is 1. The van der Waals surface area contributed by atoms with Crippen LogP contribution in [0.25, 0.3) is 0 Å². The highest BCUT2D eigenvalue weighted by Crippen LogP contribution is 2.08. The zero-order chi connectivity index (χ0) is 16.7. The fraction of sp³-hybridized carbons (Fsp3) is 0.333.